The first-order chi connectivity index (χ1) is 33.0. The SMILES string of the molecule is CC/C=C\C/C=C\C/C=C\C/C=C\C/C=C\C/C=C\C/C=C\C/C=C\C/C=C\CCCCCCCCCC(=O)NC(COP(=O)([O-])OCC[N+](C)(C)C)C(O)/C=C/CC/C=C/CC/C=C/CCC. The molecule has 2 N–H and O–H groups in total. The van der Waals surface area contributed by atoms with Crippen molar-refractivity contribution in [2.75, 3.05) is 40.9 Å². The van der Waals surface area contributed by atoms with Crippen molar-refractivity contribution in [2.24, 2.45) is 0 Å². The zero-order chi connectivity index (χ0) is 49.9. The van der Waals surface area contributed by atoms with Gasteiger partial charge in [-0.1, -0.05) is 198 Å². The number of phosphoric ester groups is 1. The van der Waals surface area contributed by atoms with Crippen LogP contribution in [0, 0.1) is 0 Å². The number of hydrogen-bond donors (Lipinski definition) is 2. The Labute approximate surface area is 417 Å². The summed E-state index contributed by atoms with van der Waals surface area (Å²) in [6, 6.07) is -0.925. The number of carbonyl (C=O) groups excluding carboxylic acids is 1. The second-order valence-electron chi connectivity index (χ2n) is 18.1. The second kappa shape index (κ2) is 48.4. The van der Waals surface area contributed by atoms with Crippen LogP contribution in [-0.2, 0) is 18.4 Å². The summed E-state index contributed by atoms with van der Waals surface area (Å²) in [7, 11) is 1.20. The lowest BCUT2D eigenvalue weighted by molar-refractivity contribution is -0.870. The van der Waals surface area contributed by atoms with Crippen molar-refractivity contribution in [3.05, 3.63) is 146 Å². The van der Waals surface area contributed by atoms with Crippen LogP contribution in [0.1, 0.15) is 168 Å². The highest BCUT2D eigenvalue weighted by Crippen LogP contribution is 2.38. The first kappa shape index (κ1) is 64.4. The highest BCUT2D eigenvalue weighted by atomic mass is 31.2. The van der Waals surface area contributed by atoms with Gasteiger partial charge in [0.1, 0.15) is 13.2 Å². The number of nitrogens with one attached hydrogen (secondary N) is 1. The summed E-state index contributed by atoms with van der Waals surface area (Å²) in [6.07, 6.45) is 75.0. The van der Waals surface area contributed by atoms with Crippen LogP contribution in [0.15, 0.2) is 146 Å². The highest BCUT2D eigenvalue weighted by molar-refractivity contribution is 7.45. The average molecular weight is 961 g/mol. The van der Waals surface area contributed by atoms with Gasteiger partial charge in [-0.15, -0.1) is 0 Å². The summed E-state index contributed by atoms with van der Waals surface area (Å²) >= 11 is 0. The third-order valence-corrected chi connectivity index (χ3v) is 11.5. The molecular formula is C59H97N2O6P. The molecule has 0 radical (unpaired) electrons. The molecule has 9 heteroatoms. The van der Waals surface area contributed by atoms with Crippen molar-refractivity contribution in [2.45, 2.75) is 180 Å². The molecule has 0 spiro atoms. The maximum atomic E-state index is 12.9. The van der Waals surface area contributed by atoms with Crippen LogP contribution in [0.2, 0.25) is 0 Å². The van der Waals surface area contributed by atoms with Gasteiger partial charge >= 0.3 is 0 Å². The topological polar surface area (TPSA) is 108 Å². The van der Waals surface area contributed by atoms with E-state index < -0.39 is 26.6 Å². The largest absolute Gasteiger partial charge is 0.756 e. The highest BCUT2D eigenvalue weighted by Gasteiger charge is 2.23. The van der Waals surface area contributed by atoms with E-state index in [1.807, 2.05) is 27.2 Å². The van der Waals surface area contributed by atoms with Gasteiger partial charge < -0.3 is 28.8 Å². The lowest BCUT2D eigenvalue weighted by atomic mass is 10.1. The van der Waals surface area contributed by atoms with Crippen LogP contribution < -0.4 is 10.2 Å². The van der Waals surface area contributed by atoms with Gasteiger partial charge in [0.2, 0.25) is 5.91 Å². The van der Waals surface area contributed by atoms with Gasteiger partial charge in [0.25, 0.3) is 7.82 Å². The molecule has 0 saturated heterocycles. The number of likely N-dealkylation sites (N-methyl/N-ethyl adjacent to an activating group) is 1. The Kier molecular flexibility index (Phi) is 45.8. The molecule has 384 valence electrons. The van der Waals surface area contributed by atoms with Crippen molar-refractivity contribution in [3.8, 4) is 0 Å². The monoisotopic (exact) mass is 961 g/mol. The summed E-state index contributed by atoms with van der Waals surface area (Å²) in [5.74, 6) is -0.233. The van der Waals surface area contributed by atoms with E-state index in [2.05, 4.69) is 153 Å². The Hall–Kier alpha value is -3.62. The molecule has 0 aliphatic carbocycles. The third kappa shape index (κ3) is 50.3. The Morgan fingerprint density at radius 1 is 0.529 bits per heavy atom. The third-order valence-electron chi connectivity index (χ3n) is 10.5. The fourth-order valence-electron chi connectivity index (χ4n) is 6.42. The Morgan fingerprint density at radius 2 is 0.912 bits per heavy atom. The number of nitrogens with zero attached hydrogens (tertiary/aromatic N) is 1. The first-order valence-corrected chi connectivity index (χ1v) is 27.7. The van der Waals surface area contributed by atoms with Gasteiger partial charge in [-0.2, -0.15) is 0 Å². The molecule has 0 aromatic carbocycles. The standard InChI is InChI=1S/C59H97N2O6P/c1-6-8-10-12-14-16-18-19-20-21-22-23-24-25-26-27-28-29-30-31-32-33-34-35-36-37-38-39-40-41-43-45-47-49-51-53-59(63)60-57(56-67-68(64,65)66-55-54-61(3,4)5)58(62)52-50-48-46-44-42-17-15-13-11-9-7-2/h8,10-11,13-14,16,19-20,22-23,25-26,28-29,31-32,34-35,37-38,42,44,50,52,57-58,62H,6-7,9,12,15,17-18,21,24,27,30,33,36,39-41,43,45-49,51,53-56H2,1-5H3,(H-,60,63,64,65)/b10-8-,13-11+,16-14-,20-19-,23-22-,26-25-,29-28-,32-31-,35-34-,38-37-,44-42+,52-50+. The van der Waals surface area contributed by atoms with Crippen LogP contribution in [-0.4, -0.2) is 68.5 Å². The zero-order valence-corrected chi connectivity index (χ0v) is 44.4. The van der Waals surface area contributed by atoms with Crippen molar-refractivity contribution in [3.63, 3.8) is 0 Å². The molecule has 0 aromatic heterocycles. The number of amides is 1. The van der Waals surface area contributed by atoms with Gasteiger partial charge in [-0.05, 0) is 109 Å². The van der Waals surface area contributed by atoms with E-state index in [9.17, 15) is 19.4 Å². The quantitative estimate of drug-likeness (QED) is 0.0272. The summed E-state index contributed by atoms with van der Waals surface area (Å²) in [5, 5.41) is 13.7. The molecule has 0 rings (SSSR count). The molecule has 0 saturated carbocycles. The maximum absolute atomic E-state index is 12.9. The maximum Gasteiger partial charge on any atom is 0.268 e. The van der Waals surface area contributed by atoms with Crippen molar-refractivity contribution < 1.29 is 32.9 Å². The Bertz CT molecular complexity index is 1610. The van der Waals surface area contributed by atoms with Crippen LogP contribution in [0.4, 0.5) is 0 Å². The number of quaternary nitrogens is 1. The van der Waals surface area contributed by atoms with E-state index in [0.29, 0.717) is 17.4 Å². The summed E-state index contributed by atoms with van der Waals surface area (Å²) in [4.78, 5) is 25.3. The molecule has 0 aliphatic rings. The summed E-state index contributed by atoms with van der Waals surface area (Å²) in [6.45, 7) is 4.38. The van der Waals surface area contributed by atoms with Gasteiger partial charge in [0.05, 0.1) is 39.9 Å². The lowest BCUT2D eigenvalue weighted by Crippen LogP contribution is -2.45. The van der Waals surface area contributed by atoms with Crippen LogP contribution >= 0.6 is 7.82 Å². The fraction of sp³-hybridized carbons (Fsp3) is 0.576. The van der Waals surface area contributed by atoms with Gasteiger partial charge in [0, 0.05) is 6.42 Å². The number of phosphoric acid groups is 1. The van der Waals surface area contributed by atoms with E-state index in [1.165, 1.54) is 19.3 Å². The molecule has 0 aliphatic heterocycles. The predicted octanol–water partition coefficient (Wildman–Crippen LogP) is 15.1. The van der Waals surface area contributed by atoms with E-state index >= 15 is 0 Å². The van der Waals surface area contributed by atoms with E-state index in [1.54, 1.807) is 6.08 Å². The molecule has 0 fully saturated rings. The molecule has 3 unspecified atom stereocenters. The summed E-state index contributed by atoms with van der Waals surface area (Å²) < 4.78 is 23.2. The zero-order valence-electron chi connectivity index (χ0n) is 43.5. The molecular weight excluding hydrogens is 864 g/mol. The molecule has 1 amide bonds. The minimum atomic E-state index is -4.61. The number of aliphatic hydroxyl groups excluding tert-OH is 1. The van der Waals surface area contributed by atoms with Crippen LogP contribution in [0.3, 0.4) is 0 Å². The smallest absolute Gasteiger partial charge is 0.268 e. The van der Waals surface area contributed by atoms with Gasteiger partial charge in [-0.3, -0.25) is 9.36 Å². The predicted molar refractivity (Wildman–Crippen MR) is 292 cm³/mol. The van der Waals surface area contributed by atoms with E-state index in [-0.39, 0.29) is 12.5 Å². The normalized spacial score (nSPS) is 15.2. The van der Waals surface area contributed by atoms with Crippen molar-refractivity contribution in [1.29, 1.82) is 0 Å². The average Bonchev–Trinajstić information content (AvgIpc) is 3.30. The molecule has 0 bridgehead atoms. The van der Waals surface area contributed by atoms with Gasteiger partial charge in [0.15, 0.2) is 0 Å². The van der Waals surface area contributed by atoms with E-state index in [4.69, 9.17) is 9.05 Å². The Balaban J connectivity index is 4.21. The summed E-state index contributed by atoms with van der Waals surface area (Å²) in [5.41, 5.74) is 0. The number of hydrogen-bond acceptors (Lipinski definition) is 6. The number of aliphatic hydroxyl groups is 1. The minimum absolute atomic E-state index is 0.0199. The molecule has 68 heavy (non-hydrogen) atoms. The number of rotatable bonds is 45. The second-order valence-corrected chi connectivity index (χ2v) is 19.5. The number of unbranched alkanes of at least 4 members (excludes halogenated alkanes) is 10. The minimum Gasteiger partial charge on any atom is -0.756 e. The van der Waals surface area contributed by atoms with Crippen LogP contribution in [0.25, 0.3) is 0 Å². The van der Waals surface area contributed by atoms with Crippen molar-refractivity contribution >= 4 is 13.7 Å². The lowest BCUT2D eigenvalue weighted by Gasteiger charge is -2.29. The van der Waals surface area contributed by atoms with E-state index in [0.717, 1.165) is 128 Å². The molecule has 3 atom stereocenters. The fourth-order valence-corrected chi connectivity index (χ4v) is 7.14. The molecule has 0 aromatic rings. The Morgan fingerprint density at radius 3 is 1.35 bits per heavy atom. The number of carbonyl (C=O) groups is 1. The molecule has 8 nitrogen and oxygen atoms in total. The molecule has 0 heterocycles. The van der Waals surface area contributed by atoms with Gasteiger partial charge in [-0.25, -0.2) is 0 Å². The van der Waals surface area contributed by atoms with Crippen molar-refractivity contribution in [1.82, 2.24) is 5.32 Å². The number of allylic oxidation sites excluding steroid dienone is 23. The van der Waals surface area contributed by atoms with Crippen LogP contribution in [0.5, 0.6) is 0 Å². The first-order valence-electron chi connectivity index (χ1n) is 26.2.